The summed E-state index contributed by atoms with van der Waals surface area (Å²) in [6.45, 7) is 10.00. The Morgan fingerprint density at radius 1 is 1.25 bits per heavy atom. The smallest absolute Gasteiger partial charge is 0.137 e. The molecular formula is C18H27NO. The molecule has 1 aromatic heterocycles. The Bertz CT molecular complexity index is 541. The van der Waals surface area contributed by atoms with Gasteiger partial charge >= 0.3 is 0 Å². The van der Waals surface area contributed by atoms with Crippen molar-refractivity contribution in [1.29, 1.82) is 0 Å². The number of nitrogens with one attached hydrogen (secondary N) is 1. The molecule has 110 valence electrons. The van der Waals surface area contributed by atoms with Crippen molar-refractivity contribution < 1.29 is 4.42 Å². The first-order valence-electron chi connectivity index (χ1n) is 7.83. The molecule has 0 saturated carbocycles. The van der Waals surface area contributed by atoms with Gasteiger partial charge in [-0.15, -0.1) is 0 Å². The van der Waals surface area contributed by atoms with E-state index < -0.39 is 0 Å². The molecule has 0 aliphatic carbocycles. The van der Waals surface area contributed by atoms with E-state index >= 15 is 0 Å². The molecule has 0 aliphatic heterocycles. The first-order valence-corrected chi connectivity index (χ1v) is 7.83. The van der Waals surface area contributed by atoms with Gasteiger partial charge in [0.2, 0.25) is 0 Å². The number of hydrogen-bond donors (Lipinski definition) is 1. The van der Waals surface area contributed by atoms with Gasteiger partial charge in [0.05, 0.1) is 0 Å². The quantitative estimate of drug-likeness (QED) is 0.791. The van der Waals surface area contributed by atoms with E-state index in [0.29, 0.717) is 12.0 Å². The molecule has 1 N–H and O–H groups in total. The first-order chi connectivity index (χ1) is 9.61. The van der Waals surface area contributed by atoms with Crippen LogP contribution in [0.2, 0.25) is 0 Å². The minimum atomic E-state index is 0.573. The molecule has 0 radical (unpaired) electrons. The van der Waals surface area contributed by atoms with Crippen LogP contribution in [0.3, 0.4) is 0 Å². The Kier molecular flexibility index (Phi) is 5.24. The van der Waals surface area contributed by atoms with E-state index in [9.17, 15) is 0 Å². The largest absolute Gasteiger partial charge is 0.461 e. The van der Waals surface area contributed by atoms with Gasteiger partial charge in [0.25, 0.3) is 0 Å². The minimum absolute atomic E-state index is 0.573. The van der Waals surface area contributed by atoms with Crippen LogP contribution < -0.4 is 5.32 Å². The average molecular weight is 273 g/mol. The third-order valence-electron chi connectivity index (χ3n) is 3.96. The van der Waals surface area contributed by atoms with E-state index in [4.69, 9.17) is 4.42 Å². The number of fused-ring (bicyclic) bond motifs is 1. The fourth-order valence-corrected chi connectivity index (χ4v) is 2.68. The molecule has 1 atom stereocenters. The summed E-state index contributed by atoms with van der Waals surface area (Å²) >= 11 is 0. The molecule has 0 aliphatic rings. The molecule has 2 aromatic rings. The molecule has 1 unspecified atom stereocenters. The summed E-state index contributed by atoms with van der Waals surface area (Å²) < 4.78 is 6.01. The number of para-hydroxylation sites is 1. The molecule has 0 fully saturated rings. The van der Waals surface area contributed by atoms with Crippen LogP contribution in [-0.4, -0.2) is 12.6 Å². The van der Waals surface area contributed by atoms with E-state index in [-0.39, 0.29) is 0 Å². The van der Waals surface area contributed by atoms with Crippen LogP contribution in [0.5, 0.6) is 0 Å². The van der Waals surface area contributed by atoms with Crippen molar-refractivity contribution in [3.05, 3.63) is 35.6 Å². The first kappa shape index (κ1) is 15.1. The molecule has 20 heavy (non-hydrogen) atoms. The zero-order valence-electron chi connectivity index (χ0n) is 13.2. The Labute approximate surface area is 122 Å². The molecule has 0 bridgehead atoms. The summed E-state index contributed by atoms with van der Waals surface area (Å²) in [5.41, 5.74) is 2.27. The van der Waals surface area contributed by atoms with Crippen LogP contribution >= 0.6 is 0 Å². The van der Waals surface area contributed by atoms with Crippen molar-refractivity contribution in [2.45, 2.75) is 53.0 Å². The lowest BCUT2D eigenvalue weighted by atomic mass is 9.98. The topological polar surface area (TPSA) is 25.2 Å². The van der Waals surface area contributed by atoms with Crippen molar-refractivity contribution in [2.24, 2.45) is 5.92 Å². The van der Waals surface area contributed by atoms with Gasteiger partial charge in [-0.1, -0.05) is 39.0 Å². The molecule has 1 heterocycles. The van der Waals surface area contributed by atoms with Crippen LogP contribution in [-0.2, 0) is 6.42 Å². The van der Waals surface area contributed by atoms with E-state index in [2.05, 4.69) is 57.3 Å². The number of hydrogen-bond acceptors (Lipinski definition) is 2. The molecule has 2 nitrogen and oxygen atoms in total. The number of rotatable bonds is 7. The normalized spacial score (nSPS) is 13.2. The van der Waals surface area contributed by atoms with Gasteiger partial charge in [-0.3, -0.25) is 0 Å². The highest BCUT2D eigenvalue weighted by Gasteiger charge is 2.14. The highest BCUT2D eigenvalue weighted by molar-refractivity contribution is 5.80. The number of furan rings is 1. The average Bonchev–Trinajstić information content (AvgIpc) is 2.83. The van der Waals surface area contributed by atoms with Crippen LogP contribution in [0.15, 0.2) is 28.7 Å². The third-order valence-corrected chi connectivity index (χ3v) is 3.96. The zero-order chi connectivity index (χ0) is 14.5. The van der Waals surface area contributed by atoms with Crippen LogP contribution in [0, 0.1) is 12.8 Å². The Balaban J connectivity index is 2.02. The Morgan fingerprint density at radius 3 is 2.70 bits per heavy atom. The van der Waals surface area contributed by atoms with Gasteiger partial charge < -0.3 is 9.73 Å². The second kappa shape index (κ2) is 6.94. The summed E-state index contributed by atoms with van der Waals surface area (Å²) in [7, 11) is 0. The molecule has 1 aromatic carbocycles. The summed E-state index contributed by atoms with van der Waals surface area (Å²) in [5, 5.41) is 4.87. The van der Waals surface area contributed by atoms with E-state index in [1.165, 1.54) is 17.4 Å². The van der Waals surface area contributed by atoms with E-state index in [0.717, 1.165) is 30.7 Å². The highest BCUT2D eigenvalue weighted by atomic mass is 16.3. The van der Waals surface area contributed by atoms with E-state index in [1.54, 1.807) is 0 Å². The molecule has 0 amide bonds. The standard InChI is InChI=1S/C18H27NO/c1-5-11-19-17(13(2)3)10-9-16-12-15-8-6-7-14(4)18(15)20-16/h6-8,12-13,17,19H,5,9-11H2,1-4H3. The van der Waals surface area contributed by atoms with Crippen molar-refractivity contribution in [2.75, 3.05) is 6.54 Å². The monoisotopic (exact) mass is 273 g/mol. The van der Waals surface area contributed by atoms with Crippen molar-refractivity contribution >= 4 is 11.0 Å². The number of aryl methyl sites for hydroxylation is 2. The van der Waals surface area contributed by atoms with Gasteiger partial charge in [-0.05, 0) is 43.9 Å². The summed E-state index contributed by atoms with van der Waals surface area (Å²) in [6, 6.07) is 9.10. The molecule has 0 spiro atoms. The second-order valence-corrected chi connectivity index (χ2v) is 6.05. The minimum Gasteiger partial charge on any atom is -0.461 e. The molecule has 2 heteroatoms. The summed E-state index contributed by atoms with van der Waals surface area (Å²) in [6.07, 6.45) is 3.33. The zero-order valence-corrected chi connectivity index (χ0v) is 13.2. The van der Waals surface area contributed by atoms with Crippen LogP contribution in [0.25, 0.3) is 11.0 Å². The van der Waals surface area contributed by atoms with Crippen LogP contribution in [0.1, 0.15) is 44.9 Å². The van der Waals surface area contributed by atoms with Crippen molar-refractivity contribution in [3.8, 4) is 0 Å². The Morgan fingerprint density at radius 2 is 2.05 bits per heavy atom. The van der Waals surface area contributed by atoms with Gasteiger partial charge in [0.15, 0.2) is 0 Å². The van der Waals surface area contributed by atoms with Crippen LogP contribution in [0.4, 0.5) is 0 Å². The fraction of sp³-hybridized carbons (Fsp3) is 0.556. The number of benzene rings is 1. The Hall–Kier alpha value is -1.28. The summed E-state index contributed by atoms with van der Waals surface area (Å²) in [5.74, 6) is 1.77. The molecular weight excluding hydrogens is 246 g/mol. The van der Waals surface area contributed by atoms with Gasteiger partial charge in [-0.2, -0.15) is 0 Å². The lowest BCUT2D eigenvalue weighted by Crippen LogP contribution is -2.34. The maximum absolute atomic E-state index is 6.01. The third kappa shape index (κ3) is 3.63. The SMILES string of the molecule is CCCNC(CCc1cc2cccc(C)c2o1)C(C)C. The van der Waals surface area contributed by atoms with Crippen molar-refractivity contribution in [1.82, 2.24) is 5.32 Å². The van der Waals surface area contributed by atoms with Gasteiger partial charge in [0, 0.05) is 17.8 Å². The lowest BCUT2D eigenvalue weighted by molar-refractivity contribution is 0.368. The fourth-order valence-electron chi connectivity index (χ4n) is 2.68. The lowest BCUT2D eigenvalue weighted by Gasteiger charge is -2.21. The second-order valence-electron chi connectivity index (χ2n) is 6.05. The van der Waals surface area contributed by atoms with Gasteiger partial charge in [-0.25, -0.2) is 0 Å². The maximum Gasteiger partial charge on any atom is 0.137 e. The highest BCUT2D eigenvalue weighted by Crippen LogP contribution is 2.24. The predicted octanol–water partition coefficient (Wildman–Crippen LogP) is 4.70. The maximum atomic E-state index is 6.01. The summed E-state index contributed by atoms with van der Waals surface area (Å²) in [4.78, 5) is 0. The molecule has 0 saturated heterocycles. The van der Waals surface area contributed by atoms with Crippen molar-refractivity contribution in [3.63, 3.8) is 0 Å². The predicted molar refractivity (Wildman–Crippen MR) is 86.2 cm³/mol. The molecule has 2 rings (SSSR count). The van der Waals surface area contributed by atoms with E-state index in [1.807, 2.05) is 0 Å². The van der Waals surface area contributed by atoms with Gasteiger partial charge in [0.1, 0.15) is 11.3 Å².